The van der Waals surface area contributed by atoms with Gasteiger partial charge >= 0.3 is 17.8 Å². The van der Waals surface area contributed by atoms with Gasteiger partial charge in [0.15, 0.2) is 0 Å². The Bertz CT molecular complexity index is 1030. The second-order valence-corrected chi connectivity index (χ2v) is 6.34. The van der Waals surface area contributed by atoms with E-state index in [4.69, 9.17) is 4.52 Å². The number of halogens is 1. The van der Waals surface area contributed by atoms with E-state index in [2.05, 4.69) is 15.5 Å². The molecule has 28 heavy (non-hydrogen) atoms. The topological polar surface area (TPSA) is 105 Å². The number of carbonyl (C=O) groups is 2. The number of rotatable bonds is 6. The van der Waals surface area contributed by atoms with Gasteiger partial charge in [-0.2, -0.15) is 4.98 Å². The van der Waals surface area contributed by atoms with Gasteiger partial charge in [-0.3, -0.25) is 9.59 Å². The van der Waals surface area contributed by atoms with Crippen molar-refractivity contribution in [2.45, 2.75) is 26.3 Å². The van der Waals surface area contributed by atoms with E-state index in [1.807, 2.05) is 19.1 Å². The summed E-state index contributed by atoms with van der Waals surface area (Å²) in [6.45, 7) is 3.42. The number of amides is 1. The molecule has 8 heteroatoms. The van der Waals surface area contributed by atoms with Crippen LogP contribution in [0, 0.1) is 19.7 Å². The smallest absolute Gasteiger partial charge is 0.316 e. The molecule has 0 aliphatic carbocycles. The molecule has 0 aliphatic rings. The summed E-state index contributed by atoms with van der Waals surface area (Å²) in [4.78, 5) is 27.7. The number of carboxylic acids is 1. The molecule has 1 aromatic heterocycles. The number of aromatic nitrogens is 2. The lowest BCUT2D eigenvalue weighted by atomic mass is 9.99. The van der Waals surface area contributed by atoms with Crippen LogP contribution >= 0.6 is 0 Å². The number of carboxylic acid groups (broad SMARTS) is 1. The molecule has 1 atom stereocenters. The van der Waals surface area contributed by atoms with Crippen LogP contribution in [0.3, 0.4) is 0 Å². The van der Waals surface area contributed by atoms with Crippen molar-refractivity contribution >= 4 is 11.9 Å². The molecule has 7 nitrogen and oxygen atoms in total. The van der Waals surface area contributed by atoms with Gasteiger partial charge in [-0.15, -0.1) is 0 Å². The molecule has 0 radical (unpaired) electrons. The number of aryl methyl sites for hydroxylation is 2. The summed E-state index contributed by atoms with van der Waals surface area (Å²) in [7, 11) is 0. The monoisotopic (exact) mass is 383 g/mol. The zero-order valence-corrected chi connectivity index (χ0v) is 15.3. The number of hydrogen-bond donors (Lipinski definition) is 2. The third-order valence-corrected chi connectivity index (χ3v) is 4.30. The standard InChI is InChI=1S/C20H18FN3O4/c1-11-6-3-4-8-13(11)15(10-16(25)26)22-19(27)20-23-18(24-28-20)14-9-5-7-12(2)17(14)21/h3-9,15H,10H2,1-2H3,(H,22,27)(H,25,26)/t15-/m0/s1. The van der Waals surface area contributed by atoms with Gasteiger partial charge in [-0.1, -0.05) is 41.6 Å². The molecule has 3 aromatic rings. The molecule has 0 saturated heterocycles. The number of carbonyl (C=O) groups excluding carboxylic acids is 1. The lowest BCUT2D eigenvalue weighted by Crippen LogP contribution is -2.30. The van der Waals surface area contributed by atoms with Gasteiger partial charge < -0.3 is 14.9 Å². The van der Waals surface area contributed by atoms with E-state index < -0.39 is 23.7 Å². The van der Waals surface area contributed by atoms with Crippen LogP contribution in [-0.4, -0.2) is 27.1 Å². The van der Waals surface area contributed by atoms with Crippen molar-refractivity contribution in [2.24, 2.45) is 0 Å². The van der Waals surface area contributed by atoms with Crippen LogP contribution in [0.25, 0.3) is 11.4 Å². The summed E-state index contributed by atoms with van der Waals surface area (Å²) in [5.41, 5.74) is 2.03. The normalized spacial score (nSPS) is 11.8. The number of benzene rings is 2. The van der Waals surface area contributed by atoms with Gasteiger partial charge in [0.1, 0.15) is 5.82 Å². The molecule has 0 spiro atoms. The summed E-state index contributed by atoms with van der Waals surface area (Å²) in [6, 6.07) is 11.1. The fourth-order valence-corrected chi connectivity index (χ4v) is 2.86. The molecule has 2 aromatic carbocycles. The zero-order valence-electron chi connectivity index (χ0n) is 15.3. The Morgan fingerprint density at radius 3 is 2.57 bits per heavy atom. The van der Waals surface area contributed by atoms with Gasteiger partial charge in [0.25, 0.3) is 0 Å². The minimum Gasteiger partial charge on any atom is -0.481 e. The van der Waals surface area contributed by atoms with Crippen LogP contribution in [0.4, 0.5) is 4.39 Å². The highest BCUT2D eigenvalue weighted by atomic mass is 19.1. The molecule has 144 valence electrons. The van der Waals surface area contributed by atoms with E-state index in [0.717, 1.165) is 5.56 Å². The van der Waals surface area contributed by atoms with E-state index in [1.54, 1.807) is 31.2 Å². The summed E-state index contributed by atoms with van der Waals surface area (Å²) in [6.07, 6.45) is -0.315. The van der Waals surface area contributed by atoms with Crippen LogP contribution in [0.1, 0.15) is 39.8 Å². The molecule has 2 N–H and O–H groups in total. The average Bonchev–Trinajstić information content (AvgIpc) is 3.13. The summed E-state index contributed by atoms with van der Waals surface area (Å²) < 4.78 is 19.2. The first kappa shape index (κ1) is 19.2. The van der Waals surface area contributed by atoms with E-state index in [9.17, 15) is 19.1 Å². The van der Waals surface area contributed by atoms with Crippen molar-refractivity contribution in [3.05, 3.63) is 70.9 Å². The Labute approximate surface area is 160 Å². The first-order chi connectivity index (χ1) is 13.4. The zero-order chi connectivity index (χ0) is 20.3. The van der Waals surface area contributed by atoms with Crippen LogP contribution in [-0.2, 0) is 4.79 Å². The number of nitrogens with one attached hydrogen (secondary N) is 1. The predicted octanol–water partition coefficient (Wildman–Crippen LogP) is 3.44. The average molecular weight is 383 g/mol. The molecule has 0 saturated carbocycles. The fraction of sp³-hybridized carbons (Fsp3) is 0.200. The maximum Gasteiger partial charge on any atom is 0.316 e. The molecule has 0 unspecified atom stereocenters. The Morgan fingerprint density at radius 1 is 1.14 bits per heavy atom. The number of aliphatic carboxylic acids is 1. The minimum atomic E-state index is -1.07. The molecule has 3 rings (SSSR count). The second kappa shape index (κ2) is 7.99. The molecule has 0 aliphatic heterocycles. The van der Waals surface area contributed by atoms with Crippen molar-refractivity contribution < 1.29 is 23.6 Å². The van der Waals surface area contributed by atoms with Gasteiger partial charge in [-0.25, -0.2) is 4.39 Å². The summed E-state index contributed by atoms with van der Waals surface area (Å²) in [5, 5.41) is 15.5. The molecular formula is C20H18FN3O4. The Kier molecular flexibility index (Phi) is 5.49. The lowest BCUT2D eigenvalue weighted by molar-refractivity contribution is -0.137. The lowest BCUT2D eigenvalue weighted by Gasteiger charge is -2.18. The number of nitrogens with zero attached hydrogens (tertiary/aromatic N) is 2. The second-order valence-electron chi connectivity index (χ2n) is 6.34. The van der Waals surface area contributed by atoms with Crippen molar-refractivity contribution in [1.82, 2.24) is 15.5 Å². The highest BCUT2D eigenvalue weighted by Gasteiger charge is 2.24. The van der Waals surface area contributed by atoms with Crippen molar-refractivity contribution in [2.75, 3.05) is 0 Å². The maximum absolute atomic E-state index is 14.2. The third kappa shape index (κ3) is 4.06. The van der Waals surface area contributed by atoms with E-state index in [1.165, 1.54) is 6.07 Å². The van der Waals surface area contributed by atoms with Gasteiger partial charge in [0.05, 0.1) is 18.0 Å². The van der Waals surface area contributed by atoms with Crippen LogP contribution < -0.4 is 5.32 Å². The molecule has 0 fully saturated rings. The van der Waals surface area contributed by atoms with E-state index in [-0.39, 0.29) is 23.7 Å². The van der Waals surface area contributed by atoms with E-state index in [0.29, 0.717) is 11.1 Å². The fourth-order valence-electron chi connectivity index (χ4n) is 2.86. The summed E-state index contributed by atoms with van der Waals surface area (Å²) >= 11 is 0. The Morgan fingerprint density at radius 2 is 1.86 bits per heavy atom. The first-order valence-electron chi connectivity index (χ1n) is 8.54. The van der Waals surface area contributed by atoms with Crippen LogP contribution in [0.5, 0.6) is 0 Å². The predicted molar refractivity (Wildman–Crippen MR) is 98.1 cm³/mol. The highest BCUT2D eigenvalue weighted by Crippen LogP contribution is 2.23. The third-order valence-electron chi connectivity index (χ3n) is 4.30. The molecule has 1 amide bonds. The quantitative estimate of drug-likeness (QED) is 0.676. The molecule has 0 bridgehead atoms. The first-order valence-corrected chi connectivity index (χ1v) is 8.54. The van der Waals surface area contributed by atoms with Crippen molar-refractivity contribution in [3.63, 3.8) is 0 Å². The maximum atomic E-state index is 14.2. The van der Waals surface area contributed by atoms with Gasteiger partial charge in [-0.05, 0) is 36.6 Å². The summed E-state index contributed by atoms with van der Waals surface area (Å²) in [5.74, 6) is -2.74. The van der Waals surface area contributed by atoms with E-state index >= 15 is 0 Å². The Balaban J connectivity index is 1.85. The van der Waals surface area contributed by atoms with Crippen LogP contribution in [0.15, 0.2) is 47.0 Å². The van der Waals surface area contributed by atoms with Gasteiger partial charge in [0.2, 0.25) is 5.82 Å². The number of hydrogen-bond acceptors (Lipinski definition) is 5. The molecule has 1 heterocycles. The Hall–Kier alpha value is -3.55. The highest BCUT2D eigenvalue weighted by molar-refractivity contribution is 5.90. The minimum absolute atomic E-state index is 0.0583. The van der Waals surface area contributed by atoms with Crippen LogP contribution in [0.2, 0.25) is 0 Å². The van der Waals surface area contributed by atoms with Crippen molar-refractivity contribution in [1.29, 1.82) is 0 Å². The largest absolute Gasteiger partial charge is 0.481 e. The van der Waals surface area contributed by atoms with Crippen molar-refractivity contribution in [3.8, 4) is 11.4 Å². The van der Waals surface area contributed by atoms with Gasteiger partial charge in [0, 0.05) is 0 Å². The SMILES string of the molecule is Cc1ccccc1[C@H](CC(=O)O)NC(=O)c1nc(-c2cccc(C)c2F)no1. The molecular weight excluding hydrogens is 365 g/mol.